The number of hydrogen-bond acceptors (Lipinski definition) is 6. The fourth-order valence-corrected chi connectivity index (χ4v) is 2.66. The number of aromatic nitrogens is 1. The molecule has 2 aromatic carbocycles. The van der Waals surface area contributed by atoms with E-state index in [1.165, 1.54) is 19.3 Å². The van der Waals surface area contributed by atoms with Crippen molar-refractivity contribution in [1.82, 2.24) is 4.98 Å². The first-order valence-corrected chi connectivity index (χ1v) is 8.69. The molecule has 0 N–H and O–H groups in total. The average molecular weight is 384 g/mol. The minimum atomic E-state index is -0.0764. The van der Waals surface area contributed by atoms with E-state index in [-0.39, 0.29) is 10.9 Å². The quantitative estimate of drug-likeness (QED) is 0.360. The van der Waals surface area contributed by atoms with Crippen LogP contribution in [0, 0.1) is 11.3 Å². The Morgan fingerprint density at radius 3 is 2.17 bits per heavy atom. The predicted octanol–water partition coefficient (Wildman–Crippen LogP) is 4.66. The van der Waals surface area contributed by atoms with Crippen molar-refractivity contribution in [3.05, 3.63) is 99.6 Å². The molecule has 0 amide bonds. The Balaban J connectivity index is 0.000000152. The van der Waals surface area contributed by atoms with Gasteiger partial charge in [0.05, 0.1) is 23.1 Å². The topological polar surface area (TPSA) is 97.1 Å². The fourth-order valence-electron chi connectivity index (χ4n) is 2.66. The van der Waals surface area contributed by atoms with Gasteiger partial charge >= 0.3 is 0 Å². The summed E-state index contributed by atoms with van der Waals surface area (Å²) < 4.78 is 10.7. The second kappa shape index (κ2) is 9.11. The van der Waals surface area contributed by atoms with Crippen LogP contribution in [-0.4, -0.2) is 4.98 Å². The van der Waals surface area contributed by atoms with Crippen LogP contribution in [0.1, 0.15) is 6.92 Å². The van der Waals surface area contributed by atoms with Crippen molar-refractivity contribution in [1.29, 1.82) is 5.26 Å². The van der Waals surface area contributed by atoms with Gasteiger partial charge in [0.2, 0.25) is 5.43 Å². The lowest BCUT2D eigenvalue weighted by Gasteiger charge is -1.98. The summed E-state index contributed by atoms with van der Waals surface area (Å²) in [6.45, 7) is 1.43. The molecule has 0 aliphatic rings. The van der Waals surface area contributed by atoms with Gasteiger partial charge in [-0.2, -0.15) is 5.26 Å². The van der Waals surface area contributed by atoms with E-state index in [1.807, 2.05) is 24.3 Å². The van der Waals surface area contributed by atoms with Crippen molar-refractivity contribution in [2.45, 2.75) is 6.92 Å². The molecule has 5 aromatic rings. The molecule has 0 aliphatic carbocycles. The summed E-state index contributed by atoms with van der Waals surface area (Å²) in [4.78, 5) is 27.1. The van der Waals surface area contributed by atoms with Crippen LogP contribution in [0.25, 0.3) is 33.0 Å². The van der Waals surface area contributed by atoms with Crippen molar-refractivity contribution in [2.24, 2.45) is 0 Å². The smallest absolute Gasteiger partial charge is 0.218 e. The van der Waals surface area contributed by atoms with Crippen molar-refractivity contribution < 1.29 is 8.83 Å². The van der Waals surface area contributed by atoms with Crippen LogP contribution in [0.2, 0.25) is 0 Å². The normalized spacial score (nSPS) is 9.79. The molecule has 0 bridgehead atoms. The molecular weight excluding hydrogens is 368 g/mol. The first-order valence-electron chi connectivity index (χ1n) is 8.69. The van der Waals surface area contributed by atoms with Crippen molar-refractivity contribution in [3.63, 3.8) is 0 Å². The molecule has 3 aromatic heterocycles. The Morgan fingerprint density at radius 1 is 0.828 bits per heavy atom. The lowest BCUT2D eigenvalue weighted by atomic mass is 10.2. The lowest BCUT2D eigenvalue weighted by molar-refractivity contribution is 0.602. The number of pyridine rings is 1. The number of benzene rings is 2. The summed E-state index contributed by atoms with van der Waals surface area (Å²) in [6.07, 6.45) is 3.00. The van der Waals surface area contributed by atoms with Crippen molar-refractivity contribution in [3.8, 4) is 6.07 Å². The average Bonchev–Trinajstić information content (AvgIpc) is 2.76. The molecule has 6 heteroatoms. The molecule has 3 heterocycles. The van der Waals surface area contributed by atoms with Gasteiger partial charge in [0.15, 0.2) is 16.5 Å². The summed E-state index contributed by atoms with van der Waals surface area (Å²) in [7, 11) is 0. The standard InChI is InChI=1S/C12H7NO2.C9H6O2.C2H3N/c14-12-8-4-1-2-5-9(8)15-10-6-3-7-13-11(10)12;10-8-5-6-11-9-4-2-1-3-7(8)9;1-2-3/h1-7H;1-6H;1H3. The zero-order valence-electron chi connectivity index (χ0n) is 15.5. The molecular formula is C23H16N2O4. The maximum Gasteiger partial charge on any atom is 0.218 e. The first kappa shape index (κ1) is 19.5. The van der Waals surface area contributed by atoms with Crippen LogP contribution in [0.5, 0.6) is 0 Å². The van der Waals surface area contributed by atoms with Gasteiger partial charge in [0.1, 0.15) is 11.2 Å². The van der Waals surface area contributed by atoms with E-state index in [2.05, 4.69) is 4.98 Å². The highest BCUT2D eigenvalue weighted by atomic mass is 16.3. The Morgan fingerprint density at radius 2 is 1.45 bits per heavy atom. The highest BCUT2D eigenvalue weighted by molar-refractivity contribution is 5.87. The predicted molar refractivity (Wildman–Crippen MR) is 112 cm³/mol. The minimum Gasteiger partial charge on any atom is -0.464 e. The van der Waals surface area contributed by atoms with E-state index < -0.39 is 0 Å². The number of rotatable bonds is 0. The molecule has 0 saturated carbocycles. The van der Waals surface area contributed by atoms with Gasteiger partial charge in [-0.05, 0) is 36.4 Å². The van der Waals surface area contributed by atoms with E-state index in [0.717, 1.165) is 0 Å². The first-order chi connectivity index (χ1) is 14.2. The fraction of sp³-hybridized carbons (Fsp3) is 0.0435. The van der Waals surface area contributed by atoms with Crippen LogP contribution < -0.4 is 10.9 Å². The third kappa shape index (κ3) is 4.37. The van der Waals surface area contributed by atoms with E-state index >= 15 is 0 Å². The van der Waals surface area contributed by atoms with Crippen LogP contribution in [0.4, 0.5) is 0 Å². The maximum atomic E-state index is 12.0. The Hall–Kier alpha value is -4.24. The lowest BCUT2D eigenvalue weighted by Crippen LogP contribution is -2.03. The molecule has 0 unspecified atom stereocenters. The van der Waals surface area contributed by atoms with Gasteiger partial charge in [-0.15, -0.1) is 0 Å². The second-order valence-corrected chi connectivity index (χ2v) is 5.78. The van der Waals surface area contributed by atoms with E-state index in [1.54, 1.807) is 48.7 Å². The number of nitrogens with zero attached hydrogens (tertiary/aromatic N) is 2. The minimum absolute atomic E-state index is 0.00634. The van der Waals surface area contributed by atoms with E-state index in [9.17, 15) is 9.59 Å². The molecule has 0 aliphatic heterocycles. The van der Waals surface area contributed by atoms with Gasteiger partial charge in [0, 0.05) is 19.2 Å². The summed E-state index contributed by atoms with van der Waals surface area (Å²) >= 11 is 0. The van der Waals surface area contributed by atoms with Crippen LogP contribution in [0.3, 0.4) is 0 Å². The highest BCUT2D eigenvalue weighted by Gasteiger charge is 2.06. The monoisotopic (exact) mass is 384 g/mol. The molecule has 142 valence electrons. The summed E-state index contributed by atoms with van der Waals surface area (Å²) in [5, 5.41) is 8.53. The molecule has 0 atom stereocenters. The van der Waals surface area contributed by atoms with Gasteiger partial charge in [-0.25, -0.2) is 4.98 Å². The molecule has 0 radical (unpaired) electrons. The molecule has 6 nitrogen and oxygen atoms in total. The third-order valence-corrected chi connectivity index (χ3v) is 3.90. The Kier molecular flexibility index (Phi) is 6.13. The van der Waals surface area contributed by atoms with Gasteiger partial charge in [0.25, 0.3) is 0 Å². The van der Waals surface area contributed by atoms with Crippen LogP contribution in [0.15, 0.2) is 97.6 Å². The van der Waals surface area contributed by atoms with Gasteiger partial charge in [-0.3, -0.25) is 9.59 Å². The van der Waals surface area contributed by atoms with E-state index in [0.29, 0.717) is 33.0 Å². The molecule has 0 saturated heterocycles. The summed E-state index contributed by atoms with van der Waals surface area (Å²) in [5.41, 5.74) is 2.08. The Bertz CT molecular complexity index is 1370. The van der Waals surface area contributed by atoms with Crippen LogP contribution >= 0.6 is 0 Å². The molecule has 29 heavy (non-hydrogen) atoms. The third-order valence-electron chi connectivity index (χ3n) is 3.90. The molecule has 5 rings (SSSR count). The second-order valence-electron chi connectivity index (χ2n) is 5.78. The summed E-state index contributed by atoms with van der Waals surface area (Å²) in [6, 6.07) is 21.0. The highest BCUT2D eigenvalue weighted by Crippen LogP contribution is 2.15. The number of para-hydroxylation sites is 2. The molecule has 0 spiro atoms. The van der Waals surface area contributed by atoms with Crippen LogP contribution in [-0.2, 0) is 0 Å². The zero-order valence-corrected chi connectivity index (χ0v) is 15.5. The van der Waals surface area contributed by atoms with Crippen molar-refractivity contribution in [2.75, 3.05) is 0 Å². The maximum absolute atomic E-state index is 12.0. The van der Waals surface area contributed by atoms with Gasteiger partial charge < -0.3 is 8.83 Å². The Labute approximate surface area is 165 Å². The largest absolute Gasteiger partial charge is 0.464 e. The van der Waals surface area contributed by atoms with E-state index in [4.69, 9.17) is 14.1 Å². The zero-order chi connectivity index (χ0) is 20.6. The summed E-state index contributed by atoms with van der Waals surface area (Å²) in [5.74, 6) is 0. The SMILES string of the molecule is CC#N.O=c1c2ccccc2oc2cccnc12.O=c1ccoc2ccccc12. The number of hydrogen-bond donors (Lipinski definition) is 0. The number of fused-ring (bicyclic) bond motifs is 3. The number of nitriles is 1. The van der Waals surface area contributed by atoms with Crippen molar-refractivity contribution >= 4 is 33.0 Å². The molecule has 0 fully saturated rings. The van der Waals surface area contributed by atoms with Gasteiger partial charge in [-0.1, -0.05) is 24.3 Å².